The number of rotatable bonds is 1. The van der Waals surface area contributed by atoms with Gasteiger partial charge in [0.2, 0.25) is 5.91 Å². The number of carbonyl (C=O) groups excluding carboxylic acids is 1. The Bertz CT molecular complexity index is 597. The molecule has 4 rings (SSSR count). The van der Waals surface area contributed by atoms with Crippen LogP contribution in [0.15, 0.2) is 24.3 Å². The van der Waals surface area contributed by atoms with Crippen molar-refractivity contribution in [1.29, 1.82) is 0 Å². The number of anilines is 1. The summed E-state index contributed by atoms with van der Waals surface area (Å²) in [6.45, 7) is 0.589. The number of hydrogen-bond acceptors (Lipinski definition) is 1. The summed E-state index contributed by atoms with van der Waals surface area (Å²) < 4.78 is 38.4. The van der Waals surface area contributed by atoms with Gasteiger partial charge in [0.05, 0.1) is 5.56 Å². The monoisotopic (exact) mass is 295 g/mol. The van der Waals surface area contributed by atoms with E-state index in [1.54, 1.807) is 11.0 Å². The van der Waals surface area contributed by atoms with Crippen LogP contribution in [0.5, 0.6) is 0 Å². The predicted molar refractivity (Wildman–Crippen MR) is 71.6 cm³/mol. The standard InChI is InChI=1S/C16H16F3NO/c17-16(18,19)11-2-1-3-12(7-11)20-8-13-9-4-5-10(6-9)14(13)15(20)21/h1-3,7,9-10,13-14H,4-6,8H2/t9?,10?,13-,14?/m1/s1. The SMILES string of the molecule is O=C1C2C3CCC(C3)[C@H]2CN1c1cccc(C(F)(F)F)c1. The minimum atomic E-state index is -4.37. The zero-order chi connectivity index (χ0) is 14.8. The number of hydrogen-bond donors (Lipinski definition) is 0. The lowest BCUT2D eigenvalue weighted by molar-refractivity contribution is -0.137. The van der Waals surface area contributed by atoms with Gasteiger partial charge < -0.3 is 4.90 Å². The van der Waals surface area contributed by atoms with E-state index in [0.717, 1.165) is 25.0 Å². The van der Waals surface area contributed by atoms with E-state index < -0.39 is 11.7 Å². The van der Waals surface area contributed by atoms with Crippen molar-refractivity contribution in [1.82, 2.24) is 0 Å². The van der Waals surface area contributed by atoms with Gasteiger partial charge in [-0.2, -0.15) is 13.2 Å². The Balaban J connectivity index is 1.65. The molecule has 1 heterocycles. The van der Waals surface area contributed by atoms with Crippen molar-refractivity contribution in [3.8, 4) is 0 Å². The van der Waals surface area contributed by atoms with Crippen LogP contribution in [0, 0.1) is 23.7 Å². The second-order valence-electron chi connectivity index (χ2n) is 6.52. The number of fused-ring (bicyclic) bond motifs is 5. The molecule has 2 aliphatic carbocycles. The smallest absolute Gasteiger partial charge is 0.312 e. The topological polar surface area (TPSA) is 20.3 Å². The molecule has 1 amide bonds. The average Bonchev–Trinajstić information content (AvgIpc) is 3.11. The number of halogens is 3. The quantitative estimate of drug-likeness (QED) is 0.773. The lowest BCUT2D eigenvalue weighted by atomic mass is 9.81. The van der Waals surface area contributed by atoms with Gasteiger partial charge in [0.1, 0.15) is 0 Å². The fourth-order valence-electron chi connectivity index (χ4n) is 4.62. The van der Waals surface area contributed by atoms with Gasteiger partial charge >= 0.3 is 6.18 Å². The molecule has 0 radical (unpaired) electrons. The average molecular weight is 295 g/mol. The first-order chi connectivity index (χ1) is 9.95. The summed E-state index contributed by atoms with van der Waals surface area (Å²) in [4.78, 5) is 14.2. The van der Waals surface area contributed by atoms with Crippen LogP contribution in [-0.4, -0.2) is 12.5 Å². The highest BCUT2D eigenvalue weighted by molar-refractivity contribution is 5.98. The highest BCUT2D eigenvalue weighted by Crippen LogP contribution is 2.56. The second kappa shape index (κ2) is 4.24. The van der Waals surface area contributed by atoms with E-state index in [1.165, 1.54) is 12.5 Å². The Labute approximate surface area is 120 Å². The van der Waals surface area contributed by atoms with Gasteiger partial charge in [-0.1, -0.05) is 6.07 Å². The van der Waals surface area contributed by atoms with Crippen molar-refractivity contribution in [2.45, 2.75) is 25.4 Å². The number of carbonyl (C=O) groups is 1. The minimum absolute atomic E-state index is 0.0338. The summed E-state index contributed by atoms with van der Waals surface area (Å²) in [5, 5.41) is 0. The number of alkyl halides is 3. The van der Waals surface area contributed by atoms with Crippen LogP contribution in [0.1, 0.15) is 24.8 Å². The Kier molecular flexibility index (Phi) is 2.66. The van der Waals surface area contributed by atoms with Gasteiger partial charge in [-0.15, -0.1) is 0 Å². The van der Waals surface area contributed by atoms with Gasteiger partial charge in [0.15, 0.2) is 0 Å². The molecule has 0 aromatic heterocycles. The maximum Gasteiger partial charge on any atom is 0.416 e. The summed E-state index contributed by atoms with van der Waals surface area (Å²) in [6, 6.07) is 5.14. The lowest BCUT2D eigenvalue weighted by Crippen LogP contribution is -2.29. The van der Waals surface area contributed by atoms with Crippen LogP contribution in [0.25, 0.3) is 0 Å². The van der Waals surface area contributed by atoms with Crippen molar-refractivity contribution in [2.75, 3.05) is 11.4 Å². The molecule has 1 aliphatic heterocycles. The van der Waals surface area contributed by atoms with E-state index in [9.17, 15) is 18.0 Å². The molecule has 21 heavy (non-hydrogen) atoms. The first-order valence-electron chi connectivity index (χ1n) is 7.44. The fraction of sp³-hybridized carbons (Fsp3) is 0.562. The Morgan fingerprint density at radius 1 is 1.14 bits per heavy atom. The van der Waals surface area contributed by atoms with E-state index in [2.05, 4.69) is 0 Å². The van der Waals surface area contributed by atoms with Crippen LogP contribution >= 0.6 is 0 Å². The number of amides is 1. The molecule has 1 aromatic rings. The maximum atomic E-state index is 12.8. The van der Waals surface area contributed by atoms with Crippen molar-refractivity contribution in [2.24, 2.45) is 23.7 Å². The molecule has 0 spiro atoms. The van der Waals surface area contributed by atoms with Gasteiger partial charge in [-0.05, 0) is 55.2 Å². The first-order valence-corrected chi connectivity index (χ1v) is 7.44. The molecular weight excluding hydrogens is 279 g/mol. The molecule has 2 nitrogen and oxygen atoms in total. The molecule has 1 aromatic carbocycles. The molecule has 4 atom stereocenters. The van der Waals surface area contributed by atoms with Gasteiger partial charge in [-0.3, -0.25) is 4.79 Å². The van der Waals surface area contributed by atoms with E-state index in [1.807, 2.05) is 0 Å². The minimum Gasteiger partial charge on any atom is -0.312 e. The van der Waals surface area contributed by atoms with E-state index >= 15 is 0 Å². The molecule has 2 saturated carbocycles. The highest BCUT2D eigenvalue weighted by Gasteiger charge is 2.56. The van der Waals surface area contributed by atoms with Gasteiger partial charge in [0, 0.05) is 18.2 Å². The third-order valence-corrected chi connectivity index (χ3v) is 5.52. The predicted octanol–water partition coefficient (Wildman–Crippen LogP) is 3.71. The Morgan fingerprint density at radius 2 is 1.90 bits per heavy atom. The molecule has 3 fully saturated rings. The summed E-state index contributed by atoms with van der Waals surface area (Å²) in [7, 11) is 0. The normalized spacial score (nSPS) is 34.6. The summed E-state index contributed by atoms with van der Waals surface area (Å²) in [5.41, 5.74) is -0.295. The van der Waals surface area contributed by atoms with Crippen molar-refractivity contribution < 1.29 is 18.0 Å². The molecule has 1 saturated heterocycles. The molecule has 3 aliphatic rings. The first kappa shape index (κ1) is 13.2. The summed E-state index contributed by atoms with van der Waals surface area (Å²) >= 11 is 0. The molecular formula is C16H16F3NO. The summed E-state index contributed by atoms with van der Waals surface area (Å²) in [5.74, 6) is 1.50. The molecule has 0 N–H and O–H groups in total. The van der Waals surface area contributed by atoms with E-state index in [-0.39, 0.29) is 11.8 Å². The van der Waals surface area contributed by atoms with Crippen molar-refractivity contribution >= 4 is 11.6 Å². The van der Waals surface area contributed by atoms with Crippen molar-refractivity contribution in [3.63, 3.8) is 0 Å². The van der Waals surface area contributed by atoms with Gasteiger partial charge in [-0.25, -0.2) is 0 Å². The lowest BCUT2D eigenvalue weighted by Gasteiger charge is -2.20. The molecule has 3 unspecified atom stereocenters. The zero-order valence-electron chi connectivity index (χ0n) is 11.4. The van der Waals surface area contributed by atoms with Crippen molar-refractivity contribution in [3.05, 3.63) is 29.8 Å². The number of benzene rings is 1. The van der Waals surface area contributed by atoms with E-state index in [0.29, 0.717) is 30.0 Å². The van der Waals surface area contributed by atoms with Crippen LogP contribution in [-0.2, 0) is 11.0 Å². The Morgan fingerprint density at radius 3 is 2.62 bits per heavy atom. The Hall–Kier alpha value is -1.52. The van der Waals surface area contributed by atoms with E-state index in [4.69, 9.17) is 0 Å². The largest absolute Gasteiger partial charge is 0.416 e. The second-order valence-corrected chi connectivity index (χ2v) is 6.52. The van der Waals surface area contributed by atoms with Crippen LogP contribution in [0.2, 0.25) is 0 Å². The third-order valence-electron chi connectivity index (χ3n) is 5.52. The fourth-order valence-corrected chi connectivity index (χ4v) is 4.62. The molecule has 112 valence electrons. The van der Waals surface area contributed by atoms with Crippen LogP contribution < -0.4 is 4.90 Å². The maximum absolute atomic E-state index is 12.8. The molecule has 5 heteroatoms. The van der Waals surface area contributed by atoms with Gasteiger partial charge in [0.25, 0.3) is 0 Å². The highest BCUT2D eigenvalue weighted by atomic mass is 19.4. The number of nitrogens with zero attached hydrogens (tertiary/aromatic N) is 1. The van der Waals surface area contributed by atoms with Crippen LogP contribution in [0.4, 0.5) is 18.9 Å². The molecule has 2 bridgehead atoms. The summed E-state index contributed by atoms with van der Waals surface area (Å²) in [6.07, 6.45) is -0.950. The zero-order valence-corrected chi connectivity index (χ0v) is 11.4. The third kappa shape index (κ3) is 1.89. The van der Waals surface area contributed by atoms with Crippen LogP contribution in [0.3, 0.4) is 0 Å².